The predicted octanol–water partition coefficient (Wildman–Crippen LogP) is 4.74. The van der Waals surface area contributed by atoms with Gasteiger partial charge in [-0.25, -0.2) is 0 Å². The monoisotopic (exact) mass is 407 g/mol. The molecule has 5 nitrogen and oxygen atoms in total. The minimum Gasteiger partial charge on any atom is -0.497 e. The van der Waals surface area contributed by atoms with Gasteiger partial charge in [-0.3, -0.25) is 9.63 Å². The van der Waals surface area contributed by atoms with Crippen molar-refractivity contribution in [2.75, 3.05) is 21.3 Å². The van der Waals surface area contributed by atoms with Gasteiger partial charge < -0.3 is 9.47 Å². The molecule has 1 atom stereocenters. The van der Waals surface area contributed by atoms with Crippen molar-refractivity contribution < 1.29 is 19.1 Å². The maximum Gasteiger partial charge on any atom is 0.279 e. The Morgan fingerprint density at radius 3 is 2.47 bits per heavy atom. The van der Waals surface area contributed by atoms with E-state index in [4.69, 9.17) is 14.3 Å². The number of hydrogen-bond donors (Lipinski definition) is 0. The van der Waals surface area contributed by atoms with Gasteiger partial charge in [-0.2, -0.15) is 5.06 Å². The molecule has 1 heterocycles. The lowest BCUT2D eigenvalue weighted by Gasteiger charge is -2.33. The van der Waals surface area contributed by atoms with Gasteiger partial charge in [-0.15, -0.1) is 5.92 Å². The zero-order valence-corrected chi connectivity index (χ0v) is 18.2. The molecular formula is C25H29NO4. The van der Waals surface area contributed by atoms with Crippen molar-refractivity contribution in [3.8, 4) is 23.3 Å². The Kier molecular flexibility index (Phi) is 7.02. The largest absolute Gasteiger partial charge is 0.497 e. The molecule has 30 heavy (non-hydrogen) atoms. The molecule has 1 unspecified atom stereocenters. The molecule has 0 bridgehead atoms. The second-order valence-electron chi connectivity index (χ2n) is 7.29. The minimum atomic E-state index is -0.883. The molecule has 0 saturated heterocycles. The standard InChI is InChI=1S/C25H29NO4/c1-5-6-15-25(16-11-10-14-19-12-8-7-9-13-19)23-21(24(27)26(25)30-4)17-20(28-2)18-22(23)29-3/h7-9,12-13,17-18H,5-6,10,14-15H2,1-4H3. The van der Waals surface area contributed by atoms with Gasteiger partial charge in [0.05, 0.1) is 26.9 Å². The summed E-state index contributed by atoms with van der Waals surface area (Å²) in [4.78, 5) is 18.8. The Labute approximate surface area is 178 Å². The molecule has 158 valence electrons. The summed E-state index contributed by atoms with van der Waals surface area (Å²) in [6, 6.07) is 13.8. The number of amides is 1. The maximum atomic E-state index is 13.2. The number of carbonyl (C=O) groups is 1. The summed E-state index contributed by atoms with van der Waals surface area (Å²) < 4.78 is 11.0. The lowest BCUT2D eigenvalue weighted by atomic mass is 9.85. The van der Waals surface area contributed by atoms with E-state index in [1.807, 2.05) is 18.2 Å². The van der Waals surface area contributed by atoms with Crippen molar-refractivity contribution in [1.82, 2.24) is 5.06 Å². The molecule has 0 spiro atoms. The lowest BCUT2D eigenvalue weighted by molar-refractivity contribution is -0.143. The van der Waals surface area contributed by atoms with Crippen LogP contribution in [0, 0.1) is 11.8 Å². The third-order valence-corrected chi connectivity index (χ3v) is 5.46. The highest BCUT2D eigenvalue weighted by molar-refractivity contribution is 6.01. The van der Waals surface area contributed by atoms with Crippen LogP contribution >= 0.6 is 0 Å². The first-order valence-electron chi connectivity index (χ1n) is 10.3. The summed E-state index contributed by atoms with van der Waals surface area (Å²) in [7, 11) is 4.69. The van der Waals surface area contributed by atoms with Crippen molar-refractivity contribution in [2.45, 2.75) is 44.6 Å². The normalized spacial score (nSPS) is 17.3. The Hall–Kier alpha value is -2.97. The van der Waals surface area contributed by atoms with Gasteiger partial charge in [-0.05, 0) is 30.9 Å². The zero-order chi connectivity index (χ0) is 21.6. The number of fused-ring (bicyclic) bond motifs is 1. The van der Waals surface area contributed by atoms with Crippen LogP contribution in [0.2, 0.25) is 0 Å². The molecule has 1 aliphatic heterocycles. The van der Waals surface area contributed by atoms with Gasteiger partial charge in [0.15, 0.2) is 5.54 Å². The number of ether oxygens (including phenoxy) is 2. The van der Waals surface area contributed by atoms with Crippen LogP contribution in [0.3, 0.4) is 0 Å². The number of nitrogens with zero attached hydrogens (tertiary/aromatic N) is 1. The molecule has 0 saturated carbocycles. The van der Waals surface area contributed by atoms with Crippen molar-refractivity contribution >= 4 is 5.91 Å². The Bertz CT molecular complexity index is 945. The van der Waals surface area contributed by atoms with Crippen molar-refractivity contribution in [2.24, 2.45) is 0 Å². The first-order chi connectivity index (χ1) is 14.6. The van der Waals surface area contributed by atoms with Crippen LogP contribution in [0.4, 0.5) is 0 Å². The molecule has 0 aromatic heterocycles. The highest BCUT2D eigenvalue weighted by Gasteiger charge is 2.52. The fourth-order valence-electron chi connectivity index (χ4n) is 3.98. The first kappa shape index (κ1) is 21.7. The molecule has 0 radical (unpaired) electrons. The number of rotatable bonds is 8. The second-order valence-corrected chi connectivity index (χ2v) is 7.29. The molecule has 1 aliphatic rings. The fraction of sp³-hybridized carbons (Fsp3) is 0.400. The van der Waals surface area contributed by atoms with Gasteiger partial charge in [-0.1, -0.05) is 49.6 Å². The van der Waals surface area contributed by atoms with Crippen molar-refractivity contribution in [3.05, 3.63) is 59.2 Å². The third-order valence-electron chi connectivity index (χ3n) is 5.46. The Morgan fingerprint density at radius 2 is 1.83 bits per heavy atom. The number of hydroxylamine groups is 2. The quantitative estimate of drug-likeness (QED) is 0.593. The van der Waals surface area contributed by atoms with E-state index >= 15 is 0 Å². The molecule has 5 heteroatoms. The van der Waals surface area contributed by atoms with Crippen LogP contribution in [0.5, 0.6) is 11.5 Å². The number of unbranched alkanes of at least 4 members (excludes halogenated alkanes) is 1. The smallest absolute Gasteiger partial charge is 0.279 e. The number of carbonyl (C=O) groups excluding carboxylic acids is 1. The van der Waals surface area contributed by atoms with Gasteiger partial charge in [0.1, 0.15) is 11.5 Å². The molecule has 2 aromatic rings. The van der Waals surface area contributed by atoms with E-state index < -0.39 is 5.54 Å². The molecular weight excluding hydrogens is 378 g/mol. The van der Waals surface area contributed by atoms with E-state index in [0.717, 1.165) is 24.8 Å². The van der Waals surface area contributed by atoms with Crippen LogP contribution in [0.15, 0.2) is 42.5 Å². The number of hydrogen-bond acceptors (Lipinski definition) is 4. The van der Waals surface area contributed by atoms with Gasteiger partial charge >= 0.3 is 0 Å². The van der Waals surface area contributed by atoms with Crippen LogP contribution in [0.1, 0.15) is 54.1 Å². The molecule has 0 N–H and O–H groups in total. The third kappa shape index (κ3) is 4.01. The van der Waals surface area contributed by atoms with E-state index in [-0.39, 0.29) is 5.91 Å². The van der Waals surface area contributed by atoms with Gasteiger partial charge in [0.2, 0.25) is 0 Å². The summed E-state index contributed by atoms with van der Waals surface area (Å²) in [5.74, 6) is 7.66. The van der Waals surface area contributed by atoms with E-state index in [1.54, 1.807) is 26.4 Å². The van der Waals surface area contributed by atoms with E-state index in [2.05, 4.69) is 30.9 Å². The molecule has 0 fully saturated rings. The molecule has 0 aliphatic carbocycles. The van der Waals surface area contributed by atoms with Gasteiger partial charge in [0.25, 0.3) is 5.91 Å². The summed E-state index contributed by atoms with van der Waals surface area (Å²) in [6.45, 7) is 2.12. The molecule has 3 rings (SSSR count). The second kappa shape index (κ2) is 9.69. The average Bonchev–Trinajstić information content (AvgIpc) is 3.03. The molecule has 1 amide bonds. The summed E-state index contributed by atoms with van der Waals surface area (Å²) in [6.07, 6.45) is 4.09. The predicted molar refractivity (Wildman–Crippen MR) is 116 cm³/mol. The lowest BCUT2D eigenvalue weighted by Crippen LogP contribution is -2.42. The average molecular weight is 408 g/mol. The number of aryl methyl sites for hydroxylation is 1. The van der Waals surface area contributed by atoms with Crippen LogP contribution in [-0.4, -0.2) is 32.3 Å². The SMILES string of the molecule is CCCCC1(C#CCCc2ccccc2)c2c(OC)cc(OC)cc2C(=O)N1OC. The van der Waals surface area contributed by atoms with E-state index in [0.29, 0.717) is 29.9 Å². The highest BCUT2D eigenvalue weighted by Crippen LogP contribution is 2.48. The zero-order valence-electron chi connectivity index (χ0n) is 18.2. The van der Waals surface area contributed by atoms with E-state index in [9.17, 15) is 4.79 Å². The van der Waals surface area contributed by atoms with Crippen molar-refractivity contribution in [1.29, 1.82) is 0 Å². The maximum absolute atomic E-state index is 13.2. The minimum absolute atomic E-state index is 0.224. The Balaban J connectivity index is 2.06. The highest BCUT2D eigenvalue weighted by atomic mass is 16.7. The fourth-order valence-corrected chi connectivity index (χ4v) is 3.98. The number of benzene rings is 2. The summed E-state index contributed by atoms with van der Waals surface area (Å²) >= 11 is 0. The first-order valence-corrected chi connectivity index (χ1v) is 10.3. The molecule has 2 aromatic carbocycles. The van der Waals surface area contributed by atoms with Crippen molar-refractivity contribution in [3.63, 3.8) is 0 Å². The van der Waals surface area contributed by atoms with E-state index in [1.165, 1.54) is 17.7 Å². The van der Waals surface area contributed by atoms with Crippen LogP contribution in [-0.2, 0) is 16.8 Å². The number of methoxy groups -OCH3 is 2. The summed E-state index contributed by atoms with van der Waals surface area (Å²) in [5, 5.41) is 1.41. The Morgan fingerprint density at radius 1 is 1.07 bits per heavy atom. The van der Waals surface area contributed by atoms with Crippen LogP contribution < -0.4 is 9.47 Å². The topological polar surface area (TPSA) is 48.0 Å². The van der Waals surface area contributed by atoms with Gasteiger partial charge in [0, 0.05) is 18.1 Å². The van der Waals surface area contributed by atoms with Crippen LogP contribution in [0.25, 0.3) is 0 Å². The summed E-state index contributed by atoms with van der Waals surface area (Å²) in [5.41, 5.74) is 1.63.